The van der Waals surface area contributed by atoms with Gasteiger partial charge in [0.25, 0.3) is 0 Å². The van der Waals surface area contributed by atoms with Crippen molar-refractivity contribution in [3.63, 3.8) is 0 Å². The topological polar surface area (TPSA) is 81.2 Å². The molecule has 0 aliphatic rings. The Morgan fingerprint density at radius 1 is 1.21 bits per heavy atom. The Morgan fingerprint density at radius 2 is 1.97 bits per heavy atom. The van der Waals surface area contributed by atoms with Crippen LogP contribution in [0.5, 0.6) is 0 Å². The summed E-state index contributed by atoms with van der Waals surface area (Å²) in [5.74, 6) is -0.505. The molecule has 0 radical (unpaired) electrons. The summed E-state index contributed by atoms with van der Waals surface area (Å²) >= 11 is 2.97. The smallest absolute Gasteiger partial charge is 0.328 e. The number of carbonyl (C=O) groups excluding carboxylic acids is 2. The number of nitrogens with zero attached hydrogens (tertiary/aromatic N) is 2. The number of benzene rings is 1. The molecule has 3 rings (SSSR count). The van der Waals surface area contributed by atoms with Crippen molar-refractivity contribution in [1.29, 1.82) is 0 Å². The largest absolute Gasteiger partial charge is 0.464 e. The molecule has 1 amide bonds. The lowest BCUT2D eigenvalue weighted by atomic mass is 10.1. The van der Waals surface area contributed by atoms with E-state index in [0.717, 1.165) is 26.4 Å². The molecule has 1 aromatic carbocycles. The van der Waals surface area contributed by atoms with E-state index in [1.807, 2.05) is 37.3 Å². The maximum Gasteiger partial charge on any atom is 0.328 e. The monoisotopic (exact) mass is 429 g/mol. The lowest BCUT2D eigenvalue weighted by Gasteiger charge is -2.17. The van der Waals surface area contributed by atoms with Crippen LogP contribution in [0, 0.1) is 13.8 Å². The zero-order chi connectivity index (χ0) is 20.8. The highest BCUT2D eigenvalue weighted by Gasteiger charge is 2.23. The van der Waals surface area contributed by atoms with Crippen LogP contribution in [0.15, 0.2) is 41.7 Å². The van der Waals surface area contributed by atoms with Gasteiger partial charge in [0.1, 0.15) is 22.2 Å². The molecule has 2 heterocycles. The summed E-state index contributed by atoms with van der Waals surface area (Å²) in [7, 11) is 0. The summed E-state index contributed by atoms with van der Waals surface area (Å²) in [6, 6.07) is 8.84. The lowest BCUT2D eigenvalue weighted by Crippen LogP contribution is -2.44. The average molecular weight is 430 g/mol. The van der Waals surface area contributed by atoms with Crippen LogP contribution in [0.1, 0.15) is 22.9 Å². The highest BCUT2D eigenvalue weighted by molar-refractivity contribution is 8.00. The van der Waals surface area contributed by atoms with Crippen molar-refractivity contribution in [3.8, 4) is 0 Å². The number of carbonyl (C=O) groups is 2. The van der Waals surface area contributed by atoms with Crippen molar-refractivity contribution in [1.82, 2.24) is 15.3 Å². The number of fused-ring (bicyclic) bond motifs is 1. The standard InChI is InChI=1S/C21H23N3O3S2/c1-4-27-21(26)16(10-15-8-6-5-7-9-15)24-17(25)11-28-19-18-13(2)14(3)29-20(18)23-12-22-19/h5-9,12,16H,4,10-11H2,1-3H3,(H,24,25)/t16-/m1/s1. The molecule has 0 aliphatic heterocycles. The Morgan fingerprint density at radius 3 is 2.69 bits per heavy atom. The number of ether oxygens (including phenoxy) is 1. The van der Waals surface area contributed by atoms with E-state index in [4.69, 9.17) is 4.74 Å². The van der Waals surface area contributed by atoms with Gasteiger partial charge in [0.05, 0.1) is 12.4 Å². The third-order valence-electron chi connectivity index (χ3n) is 4.46. The second kappa shape index (κ2) is 9.84. The van der Waals surface area contributed by atoms with Gasteiger partial charge >= 0.3 is 5.97 Å². The summed E-state index contributed by atoms with van der Waals surface area (Å²) in [6.07, 6.45) is 1.91. The fourth-order valence-corrected chi connectivity index (χ4v) is 4.84. The van der Waals surface area contributed by atoms with Gasteiger partial charge in [-0.1, -0.05) is 42.1 Å². The number of hydrogen-bond donors (Lipinski definition) is 1. The molecular formula is C21H23N3O3S2. The first-order chi connectivity index (χ1) is 14.0. The summed E-state index contributed by atoms with van der Waals surface area (Å²) < 4.78 is 5.14. The van der Waals surface area contributed by atoms with E-state index in [0.29, 0.717) is 6.42 Å². The van der Waals surface area contributed by atoms with Crippen molar-refractivity contribution in [3.05, 3.63) is 52.7 Å². The first-order valence-corrected chi connectivity index (χ1v) is 11.1. The Hall–Kier alpha value is -2.45. The van der Waals surface area contributed by atoms with Crippen LogP contribution >= 0.6 is 23.1 Å². The van der Waals surface area contributed by atoms with Gasteiger partial charge in [-0.25, -0.2) is 14.8 Å². The maximum absolute atomic E-state index is 12.6. The molecule has 29 heavy (non-hydrogen) atoms. The van der Waals surface area contributed by atoms with E-state index in [9.17, 15) is 9.59 Å². The van der Waals surface area contributed by atoms with Gasteiger partial charge in [-0.15, -0.1) is 11.3 Å². The zero-order valence-electron chi connectivity index (χ0n) is 16.6. The molecule has 2 aromatic heterocycles. The van der Waals surface area contributed by atoms with E-state index in [-0.39, 0.29) is 18.3 Å². The molecule has 6 nitrogen and oxygen atoms in total. The first kappa shape index (κ1) is 21.3. The van der Waals surface area contributed by atoms with E-state index < -0.39 is 12.0 Å². The summed E-state index contributed by atoms with van der Waals surface area (Å²) in [4.78, 5) is 35.7. The van der Waals surface area contributed by atoms with E-state index in [1.165, 1.54) is 23.0 Å². The van der Waals surface area contributed by atoms with Gasteiger partial charge in [0, 0.05) is 16.7 Å². The zero-order valence-corrected chi connectivity index (χ0v) is 18.2. The maximum atomic E-state index is 12.6. The average Bonchev–Trinajstić information content (AvgIpc) is 3.01. The Kier molecular flexibility index (Phi) is 7.22. The SMILES string of the molecule is CCOC(=O)[C@@H](Cc1ccccc1)NC(=O)CSc1ncnc2sc(C)c(C)c12. The number of esters is 1. The molecule has 0 spiro atoms. The number of rotatable bonds is 8. The number of aryl methyl sites for hydroxylation is 2. The van der Waals surface area contributed by atoms with Crippen LogP contribution in [0.3, 0.4) is 0 Å². The molecule has 0 aliphatic carbocycles. The molecule has 1 N–H and O–H groups in total. The fraction of sp³-hybridized carbons (Fsp3) is 0.333. The number of thiophene rings is 1. The van der Waals surface area contributed by atoms with Crippen molar-refractivity contribution in [2.45, 2.75) is 38.3 Å². The third kappa shape index (κ3) is 5.33. The molecule has 0 saturated carbocycles. The first-order valence-electron chi connectivity index (χ1n) is 9.33. The molecule has 152 valence electrons. The summed E-state index contributed by atoms with van der Waals surface area (Å²) in [5.41, 5.74) is 2.10. The van der Waals surface area contributed by atoms with Crippen molar-refractivity contribution in [2.75, 3.05) is 12.4 Å². The van der Waals surface area contributed by atoms with E-state index in [1.54, 1.807) is 18.3 Å². The lowest BCUT2D eigenvalue weighted by molar-refractivity contribution is -0.147. The van der Waals surface area contributed by atoms with Gasteiger partial charge in [-0.05, 0) is 31.9 Å². The molecule has 0 unspecified atom stereocenters. The minimum Gasteiger partial charge on any atom is -0.464 e. The molecule has 8 heteroatoms. The molecule has 3 aromatic rings. The predicted molar refractivity (Wildman–Crippen MR) is 116 cm³/mol. The highest BCUT2D eigenvalue weighted by atomic mass is 32.2. The fourth-order valence-electron chi connectivity index (χ4n) is 2.92. The minimum absolute atomic E-state index is 0.158. The molecule has 0 bridgehead atoms. The summed E-state index contributed by atoms with van der Waals surface area (Å²) in [5, 5.41) is 4.59. The quantitative estimate of drug-likeness (QED) is 0.334. The van der Waals surface area contributed by atoms with Crippen LogP contribution in [0.2, 0.25) is 0 Å². The summed E-state index contributed by atoms with van der Waals surface area (Å²) in [6.45, 7) is 6.11. The van der Waals surface area contributed by atoms with Crippen LogP contribution in [-0.2, 0) is 20.7 Å². The van der Waals surface area contributed by atoms with Crippen molar-refractivity contribution < 1.29 is 14.3 Å². The second-order valence-corrected chi connectivity index (χ2v) is 8.66. The molecule has 0 fully saturated rings. The Balaban J connectivity index is 1.68. The number of aromatic nitrogens is 2. The van der Waals surface area contributed by atoms with Gasteiger partial charge < -0.3 is 10.1 Å². The molecular weight excluding hydrogens is 406 g/mol. The van der Waals surface area contributed by atoms with Crippen LogP contribution in [0.4, 0.5) is 0 Å². The Labute approximate surface area is 178 Å². The van der Waals surface area contributed by atoms with E-state index in [2.05, 4.69) is 22.2 Å². The van der Waals surface area contributed by atoms with Gasteiger partial charge in [0.15, 0.2) is 0 Å². The van der Waals surface area contributed by atoms with Gasteiger partial charge in [0.2, 0.25) is 5.91 Å². The van der Waals surface area contributed by atoms with Gasteiger partial charge in [-0.2, -0.15) is 0 Å². The van der Waals surface area contributed by atoms with Crippen molar-refractivity contribution in [2.24, 2.45) is 0 Å². The number of amides is 1. The number of hydrogen-bond acceptors (Lipinski definition) is 7. The second-order valence-electron chi connectivity index (χ2n) is 6.49. The van der Waals surface area contributed by atoms with E-state index >= 15 is 0 Å². The van der Waals surface area contributed by atoms with Crippen LogP contribution < -0.4 is 5.32 Å². The predicted octanol–water partition coefficient (Wildman–Crippen LogP) is 3.69. The van der Waals surface area contributed by atoms with Crippen LogP contribution in [0.25, 0.3) is 10.2 Å². The number of thioether (sulfide) groups is 1. The number of nitrogens with one attached hydrogen (secondary N) is 1. The Bertz CT molecular complexity index is 1010. The van der Waals surface area contributed by atoms with Crippen molar-refractivity contribution >= 4 is 45.2 Å². The van der Waals surface area contributed by atoms with Gasteiger partial charge in [-0.3, -0.25) is 4.79 Å². The molecule has 0 saturated heterocycles. The third-order valence-corrected chi connectivity index (χ3v) is 6.56. The normalized spacial score (nSPS) is 12.0. The van der Waals surface area contributed by atoms with Crippen LogP contribution in [-0.4, -0.2) is 40.2 Å². The minimum atomic E-state index is -0.721. The molecule has 1 atom stereocenters. The highest BCUT2D eigenvalue weighted by Crippen LogP contribution is 2.34.